The predicted octanol–water partition coefficient (Wildman–Crippen LogP) is 5.14. The topological polar surface area (TPSA) is 90.2 Å². The van der Waals surface area contributed by atoms with Crippen molar-refractivity contribution in [3.63, 3.8) is 0 Å². The first-order valence-electron chi connectivity index (χ1n) is 7.71. The van der Waals surface area contributed by atoms with Crippen LogP contribution in [-0.4, -0.2) is 14.9 Å². The molecule has 0 aliphatic carbocycles. The number of benzene rings is 2. The van der Waals surface area contributed by atoms with Gasteiger partial charge in [0.1, 0.15) is 12.1 Å². The highest BCUT2D eigenvalue weighted by molar-refractivity contribution is 14.1. The summed E-state index contributed by atoms with van der Waals surface area (Å²) in [6, 6.07) is 12.9. The van der Waals surface area contributed by atoms with E-state index in [4.69, 9.17) is 4.74 Å². The summed E-state index contributed by atoms with van der Waals surface area (Å²) >= 11 is 2.19. The largest absolute Gasteiger partial charge is 0.434 e. The monoisotopic (exact) mass is 462 g/mol. The van der Waals surface area contributed by atoms with Crippen LogP contribution in [0.25, 0.3) is 0 Å². The van der Waals surface area contributed by atoms with Crippen LogP contribution in [0.2, 0.25) is 0 Å². The molecule has 1 N–H and O–H groups in total. The molecule has 0 bridgehead atoms. The van der Waals surface area contributed by atoms with E-state index >= 15 is 0 Å². The van der Waals surface area contributed by atoms with Crippen LogP contribution < -0.4 is 10.1 Å². The number of hydrogen-bond acceptors (Lipinski definition) is 6. The zero-order valence-corrected chi connectivity index (χ0v) is 16.2. The molecule has 0 aliphatic rings. The van der Waals surface area contributed by atoms with E-state index in [0.29, 0.717) is 11.4 Å². The minimum Gasteiger partial charge on any atom is -0.434 e. The number of ether oxygens (including phenoxy) is 1. The highest BCUT2D eigenvalue weighted by Crippen LogP contribution is 2.35. The summed E-state index contributed by atoms with van der Waals surface area (Å²) in [5.74, 6) is 0.446. The first-order chi connectivity index (χ1) is 12.4. The van der Waals surface area contributed by atoms with Gasteiger partial charge in [-0.3, -0.25) is 10.1 Å². The van der Waals surface area contributed by atoms with Gasteiger partial charge < -0.3 is 10.1 Å². The van der Waals surface area contributed by atoms with Gasteiger partial charge in [-0.1, -0.05) is 6.07 Å². The van der Waals surface area contributed by atoms with E-state index < -0.39 is 4.92 Å². The van der Waals surface area contributed by atoms with Gasteiger partial charge in [0.2, 0.25) is 5.82 Å². The zero-order valence-electron chi connectivity index (χ0n) is 14.1. The molecular weight excluding hydrogens is 447 g/mol. The van der Waals surface area contributed by atoms with Gasteiger partial charge in [-0.05, 0) is 84.0 Å². The average Bonchev–Trinajstić information content (AvgIpc) is 2.60. The highest BCUT2D eigenvalue weighted by atomic mass is 127. The third-order valence-corrected chi connectivity index (χ3v) is 4.49. The molecule has 26 heavy (non-hydrogen) atoms. The number of nitro groups is 1. The van der Waals surface area contributed by atoms with E-state index in [9.17, 15) is 10.1 Å². The Bertz CT molecular complexity index is 961. The first kappa shape index (κ1) is 18.1. The number of rotatable bonds is 5. The molecule has 0 unspecified atom stereocenters. The standard InChI is InChI=1S/C18H15IN4O3/c1-11-3-8-15(9-12(11)2)26-18-16(23(24)25)17(20-10-21-18)22-14-6-4-13(19)5-7-14/h3-10H,1-2H3,(H,20,21,22). The maximum absolute atomic E-state index is 11.6. The van der Waals surface area contributed by atoms with Crippen LogP contribution in [0.5, 0.6) is 11.6 Å². The van der Waals surface area contributed by atoms with Crippen molar-refractivity contribution in [3.8, 4) is 11.6 Å². The molecule has 8 heteroatoms. The van der Waals surface area contributed by atoms with E-state index in [1.54, 1.807) is 6.07 Å². The second kappa shape index (κ2) is 7.65. The van der Waals surface area contributed by atoms with E-state index in [2.05, 4.69) is 37.9 Å². The Morgan fingerprint density at radius 1 is 1.08 bits per heavy atom. The van der Waals surface area contributed by atoms with Crippen LogP contribution in [0.1, 0.15) is 11.1 Å². The van der Waals surface area contributed by atoms with E-state index in [1.807, 2.05) is 50.2 Å². The summed E-state index contributed by atoms with van der Waals surface area (Å²) in [6.07, 6.45) is 1.23. The molecule has 3 aromatic rings. The van der Waals surface area contributed by atoms with Crippen molar-refractivity contribution in [1.82, 2.24) is 9.97 Å². The first-order valence-corrected chi connectivity index (χ1v) is 8.79. The third-order valence-electron chi connectivity index (χ3n) is 3.77. The quantitative estimate of drug-likeness (QED) is 0.321. The fourth-order valence-corrected chi connectivity index (χ4v) is 2.61. The number of nitrogens with one attached hydrogen (secondary N) is 1. The van der Waals surface area contributed by atoms with Crippen LogP contribution in [0.3, 0.4) is 0 Å². The van der Waals surface area contributed by atoms with Gasteiger partial charge in [0, 0.05) is 9.26 Å². The second-order valence-electron chi connectivity index (χ2n) is 5.61. The molecule has 0 saturated carbocycles. The van der Waals surface area contributed by atoms with Crippen LogP contribution >= 0.6 is 22.6 Å². The molecule has 7 nitrogen and oxygen atoms in total. The van der Waals surface area contributed by atoms with Gasteiger partial charge in [-0.15, -0.1) is 0 Å². The van der Waals surface area contributed by atoms with E-state index in [-0.39, 0.29) is 17.4 Å². The molecule has 0 radical (unpaired) electrons. The van der Waals surface area contributed by atoms with Crippen molar-refractivity contribution in [1.29, 1.82) is 0 Å². The van der Waals surface area contributed by atoms with Crippen molar-refractivity contribution in [2.45, 2.75) is 13.8 Å². The fourth-order valence-electron chi connectivity index (χ4n) is 2.25. The molecule has 0 saturated heterocycles. The third kappa shape index (κ3) is 4.07. The minimum absolute atomic E-state index is 0.0741. The highest BCUT2D eigenvalue weighted by Gasteiger charge is 2.25. The van der Waals surface area contributed by atoms with Crippen LogP contribution in [0.15, 0.2) is 48.8 Å². The summed E-state index contributed by atoms with van der Waals surface area (Å²) < 4.78 is 6.73. The maximum Gasteiger partial charge on any atom is 0.373 e. The van der Waals surface area contributed by atoms with Crippen molar-refractivity contribution in [3.05, 3.63) is 73.6 Å². The number of hydrogen-bond donors (Lipinski definition) is 1. The number of anilines is 2. The van der Waals surface area contributed by atoms with Crippen LogP contribution in [-0.2, 0) is 0 Å². The van der Waals surface area contributed by atoms with Gasteiger partial charge in [0.15, 0.2) is 0 Å². The molecule has 1 heterocycles. The van der Waals surface area contributed by atoms with Gasteiger partial charge in [-0.2, -0.15) is 4.98 Å². The Balaban J connectivity index is 1.96. The molecule has 0 amide bonds. The summed E-state index contributed by atoms with van der Waals surface area (Å²) in [4.78, 5) is 19.0. The Hall–Kier alpha value is -2.75. The number of aryl methyl sites for hydroxylation is 2. The van der Waals surface area contributed by atoms with Crippen molar-refractivity contribution in [2.75, 3.05) is 5.32 Å². The molecule has 0 fully saturated rings. The minimum atomic E-state index is -0.550. The van der Waals surface area contributed by atoms with Gasteiger partial charge in [-0.25, -0.2) is 4.98 Å². The Morgan fingerprint density at radius 2 is 1.81 bits per heavy atom. The van der Waals surface area contributed by atoms with Crippen molar-refractivity contribution in [2.24, 2.45) is 0 Å². The summed E-state index contributed by atoms with van der Waals surface area (Å²) in [7, 11) is 0. The lowest BCUT2D eigenvalue weighted by Crippen LogP contribution is -2.03. The van der Waals surface area contributed by atoms with Gasteiger partial charge >= 0.3 is 11.6 Å². The molecule has 1 aromatic heterocycles. The molecule has 0 aliphatic heterocycles. The lowest BCUT2D eigenvalue weighted by Gasteiger charge is -2.10. The average molecular weight is 462 g/mol. The van der Waals surface area contributed by atoms with Crippen LogP contribution in [0.4, 0.5) is 17.2 Å². The lowest BCUT2D eigenvalue weighted by molar-refractivity contribution is -0.385. The van der Waals surface area contributed by atoms with Crippen molar-refractivity contribution >= 4 is 39.8 Å². The lowest BCUT2D eigenvalue weighted by atomic mass is 10.1. The molecule has 2 aromatic carbocycles. The molecule has 132 valence electrons. The predicted molar refractivity (Wildman–Crippen MR) is 107 cm³/mol. The molecule has 3 rings (SSSR count). The molecule has 0 atom stereocenters. The summed E-state index contributed by atoms with van der Waals surface area (Å²) in [5.41, 5.74) is 2.50. The normalized spacial score (nSPS) is 10.4. The molecule has 0 spiro atoms. The smallest absolute Gasteiger partial charge is 0.373 e. The van der Waals surface area contributed by atoms with Crippen LogP contribution in [0, 0.1) is 27.5 Å². The molecular formula is C18H15IN4O3. The maximum atomic E-state index is 11.6. The Kier molecular flexibility index (Phi) is 5.31. The zero-order chi connectivity index (χ0) is 18.7. The number of aromatic nitrogens is 2. The number of nitrogens with zero attached hydrogens (tertiary/aromatic N) is 3. The second-order valence-corrected chi connectivity index (χ2v) is 6.86. The van der Waals surface area contributed by atoms with E-state index in [0.717, 1.165) is 14.7 Å². The van der Waals surface area contributed by atoms with Gasteiger partial charge in [0.05, 0.1) is 4.92 Å². The van der Waals surface area contributed by atoms with E-state index in [1.165, 1.54) is 6.33 Å². The summed E-state index contributed by atoms with van der Waals surface area (Å²) in [6.45, 7) is 3.93. The SMILES string of the molecule is Cc1ccc(Oc2ncnc(Nc3ccc(I)cc3)c2[N+](=O)[O-])cc1C. The fraction of sp³-hybridized carbons (Fsp3) is 0.111. The summed E-state index contributed by atoms with van der Waals surface area (Å²) in [5, 5.41) is 14.6. The van der Waals surface area contributed by atoms with Crippen molar-refractivity contribution < 1.29 is 9.66 Å². The van der Waals surface area contributed by atoms with Gasteiger partial charge in [0.25, 0.3) is 0 Å². The Morgan fingerprint density at radius 3 is 2.46 bits per heavy atom. The number of halogens is 1. The Labute approximate surface area is 163 Å².